The molecule has 9 aromatic rings. The predicted molar refractivity (Wildman–Crippen MR) is 212 cm³/mol. The van der Waals surface area contributed by atoms with Gasteiger partial charge in [0.05, 0.1) is 44.4 Å². The molecule has 0 saturated carbocycles. The SMILES string of the molecule is CC(C)(C)c1ccc2c(c1)c1cc(C(C)(C)C)ccc1n2-c1c(C#N)ccc(C=N)c1-n1c2ccccc2c2c3oc4ccccc4c3ccc21. The summed E-state index contributed by atoms with van der Waals surface area (Å²) in [5.74, 6) is 0. The number of hydrogen-bond acceptors (Lipinski definition) is 3. The average Bonchev–Trinajstić information content (AvgIpc) is 3.77. The van der Waals surface area contributed by atoms with Crippen molar-refractivity contribution in [2.24, 2.45) is 0 Å². The van der Waals surface area contributed by atoms with Gasteiger partial charge >= 0.3 is 0 Å². The molecule has 3 heterocycles. The Morgan fingerprint density at radius 3 is 1.78 bits per heavy atom. The summed E-state index contributed by atoms with van der Waals surface area (Å²) in [4.78, 5) is 0. The molecule has 0 atom stereocenters. The maximum Gasteiger partial charge on any atom is 0.145 e. The second-order valence-corrected chi connectivity index (χ2v) is 15.7. The summed E-state index contributed by atoms with van der Waals surface area (Å²) in [7, 11) is 0. The van der Waals surface area contributed by atoms with E-state index in [4.69, 9.17) is 9.83 Å². The molecule has 248 valence electrons. The van der Waals surface area contributed by atoms with Gasteiger partial charge in [0.25, 0.3) is 0 Å². The van der Waals surface area contributed by atoms with Crippen LogP contribution in [0.5, 0.6) is 0 Å². The van der Waals surface area contributed by atoms with Crippen molar-refractivity contribution in [2.75, 3.05) is 0 Å². The van der Waals surface area contributed by atoms with Gasteiger partial charge < -0.3 is 19.0 Å². The van der Waals surface area contributed by atoms with Crippen LogP contribution in [0.3, 0.4) is 0 Å². The summed E-state index contributed by atoms with van der Waals surface area (Å²) in [6, 6.07) is 40.6. The van der Waals surface area contributed by atoms with Crippen LogP contribution < -0.4 is 0 Å². The molecule has 0 fully saturated rings. The van der Waals surface area contributed by atoms with E-state index in [2.05, 4.69) is 130 Å². The number of nitriles is 1. The van der Waals surface area contributed by atoms with E-state index in [-0.39, 0.29) is 10.8 Å². The van der Waals surface area contributed by atoms with E-state index >= 15 is 0 Å². The fraction of sp³-hybridized carbons (Fsp3) is 0.174. The molecule has 0 aliphatic rings. The molecule has 51 heavy (non-hydrogen) atoms. The maximum atomic E-state index is 10.9. The van der Waals surface area contributed by atoms with Gasteiger partial charge in [-0.05, 0) is 82.6 Å². The smallest absolute Gasteiger partial charge is 0.145 e. The van der Waals surface area contributed by atoms with Crippen LogP contribution in [0.2, 0.25) is 0 Å². The van der Waals surface area contributed by atoms with Crippen molar-refractivity contribution >= 4 is 71.8 Å². The Kier molecular flexibility index (Phi) is 6.48. The zero-order chi connectivity index (χ0) is 35.4. The zero-order valence-electron chi connectivity index (χ0n) is 29.7. The third-order valence-electron chi connectivity index (χ3n) is 10.6. The Morgan fingerprint density at radius 2 is 1.16 bits per heavy atom. The number of aromatic nitrogens is 2. The van der Waals surface area contributed by atoms with Crippen molar-refractivity contribution in [3.63, 3.8) is 0 Å². The molecule has 0 aliphatic carbocycles. The lowest BCUT2D eigenvalue weighted by Crippen LogP contribution is -2.11. The topological polar surface area (TPSA) is 70.6 Å². The minimum absolute atomic E-state index is 0.0434. The highest BCUT2D eigenvalue weighted by Gasteiger charge is 2.27. The number of para-hydroxylation sites is 2. The lowest BCUT2D eigenvalue weighted by atomic mass is 9.85. The van der Waals surface area contributed by atoms with Gasteiger partial charge in [-0.25, -0.2) is 0 Å². The second-order valence-electron chi connectivity index (χ2n) is 15.7. The molecule has 0 aliphatic heterocycles. The van der Waals surface area contributed by atoms with Gasteiger partial charge in [0.15, 0.2) is 0 Å². The number of fused-ring (bicyclic) bond motifs is 10. The third kappa shape index (κ3) is 4.43. The average molecular weight is 663 g/mol. The maximum absolute atomic E-state index is 10.9. The quantitative estimate of drug-likeness (QED) is 0.191. The minimum atomic E-state index is -0.0434. The molecule has 5 nitrogen and oxygen atoms in total. The summed E-state index contributed by atoms with van der Waals surface area (Å²) in [6.45, 7) is 13.5. The number of rotatable bonds is 3. The van der Waals surface area contributed by atoms with E-state index in [1.807, 2.05) is 36.4 Å². The Bertz CT molecular complexity index is 2890. The van der Waals surface area contributed by atoms with Crippen molar-refractivity contribution in [1.29, 1.82) is 10.7 Å². The van der Waals surface area contributed by atoms with Gasteiger partial charge in [-0.3, -0.25) is 0 Å². The lowest BCUT2D eigenvalue weighted by molar-refractivity contribution is 0.590. The summed E-state index contributed by atoms with van der Waals surface area (Å²) in [5, 5.41) is 26.1. The number of benzene rings is 6. The summed E-state index contributed by atoms with van der Waals surface area (Å²) in [5.41, 5.74) is 10.8. The van der Waals surface area contributed by atoms with Crippen molar-refractivity contribution in [1.82, 2.24) is 9.13 Å². The lowest BCUT2D eigenvalue weighted by Gasteiger charge is -2.21. The Hall–Kier alpha value is -6.12. The van der Waals surface area contributed by atoms with E-state index in [1.165, 1.54) is 17.3 Å². The first kappa shape index (κ1) is 30.9. The fourth-order valence-electron chi connectivity index (χ4n) is 7.94. The van der Waals surface area contributed by atoms with Crippen molar-refractivity contribution in [2.45, 2.75) is 52.4 Å². The van der Waals surface area contributed by atoms with Gasteiger partial charge in [0.1, 0.15) is 17.2 Å². The van der Waals surface area contributed by atoms with Crippen LogP contribution in [-0.2, 0) is 10.8 Å². The van der Waals surface area contributed by atoms with Crippen LogP contribution in [0.25, 0.3) is 76.9 Å². The summed E-state index contributed by atoms with van der Waals surface area (Å²) < 4.78 is 11.1. The number of furan rings is 1. The monoisotopic (exact) mass is 662 g/mol. The largest absolute Gasteiger partial charge is 0.455 e. The van der Waals surface area contributed by atoms with Crippen LogP contribution >= 0.6 is 0 Å². The highest BCUT2D eigenvalue weighted by molar-refractivity contribution is 6.24. The van der Waals surface area contributed by atoms with Crippen molar-refractivity contribution in [3.05, 3.63) is 131 Å². The predicted octanol–water partition coefficient (Wildman–Crippen LogP) is 12.2. The van der Waals surface area contributed by atoms with Crippen molar-refractivity contribution in [3.8, 4) is 17.4 Å². The standard InChI is InChI=1S/C46H38N4O/c1-45(2,3)29-17-20-37-34(23-29)35-24-30(46(4,5)6)18-21-38(35)49(37)42-27(25-47)15-16-28(26-48)43(42)50-36-13-9-7-12-33(36)41-39(50)22-19-32-31-11-8-10-14-40(31)51-44(32)41/h7-24,26,48H,1-6H3. The Morgan fingerprint density at radius 1 is 0.588 bits per heavy atom. The number of nitrogens with zero attached hydrogens (tertiary/aromatic N) is 3. The van der Waals surface area contributed by atoms with Crippen molar-refractivity contribution < 1.29 is 4.42 Å². The van der Waals surface area contributed by atoms with Gasteiger partial charge in [0.2, 0.25) is 0 Å². The Labute approximate surface area is 296 Å². The number of hydrogen-bond donors (Lipinski definition) is 1. The Balaban J connectivity index is 1.48. The summed E-state index contributed by atoms with van der Waals surface area (Å²) in [6.07, 6.45) is 1.41. The van der Waals surface area contributed by atoms with Gasteiger partial charge in [-0.2, -0.15) is 5.26 Å². The normalized spacial score (nSPS) is 12.6. The molecule has 6 aromatic carbocycles. The second kappa shape index (κ2) is 10.7. The van der Waals surface area contributed by atoms with Crippen LogP contribution in [0.15, 0.2) is 114 Å². The highest BCUT2D eigenvalue weighted by atomic mass is 16.3. The van der Waals surface area contributed by atoms with Gasteiger partial charge in [0, 0.05) is 38.7 Å². The van der Waals surface area contributed by atoms with E-state index < -0.39 is 0 Å². The molecular weight excluding hydrogens is 625 g/mol. The number of nitrogens with one attached hydrogen (secondary N) is 1. The molecule has 0 radical (unpaired) electrons. The molecule has 1 N–H and O–H groups in total. The molecule has 0 saturated heterocycles. The molecular formula is C46H38N4O. The molecule has 0 spiro atoms. The van der Waals surface area contributed by atoms with E-state index in [0.717, 1.165) is 76.9 Å². The first-order valence-corrected chi connectivity index (χ1v) is 17.5. The molecule has 9 rings (SSSR count). The first-order valence-electron chi connectivity index (χ1n) is 17.5. The fourth-order valence-corrected chi connectivity index (χ4v) is 7.94. The van der Waals surface area contributed by atoms with Gasteiger partial charge in [-0.1, -0.05) is 90.1 Å². The van der Waals surface area contributed by atoms with Crippen LogP contribution in [-0.4, -0.2) is 15.3 Å². The third-order valence-corrected chi connectivity index (χ3v) is 10.6. The zero-order valence-corrected chi connectivity index (χ0v) is 29.7. The van der Waals surface area contributed by atoms with Gasteiger partial charge in [-0.15, -0.1) is 0 Å². The van der Waals surface area contributed by atoms with E-state index in [9.17, 15) is 5.26 Å². The molecule has 0 bridgehead atoms. The summed E-state index contributed by atoms with van der Waals surface area (Å²) >= 11 is 0. The first-order chi connectivity index (χ1) is 24.5. The molecule has 3 aromatic heterocycles. The molecule has 0 amide bonds. The van der Waals surface area contributed by atoms with Crippen LogP contribution in [0, 0.1) is 16.7 Å². The molecule has 0 unspecified atom stereocenters. The molecule has 5 heteroatoms. The van der Waals surface area contributed by atoms with Crippen LogP contribution in [0.1, 0.15) is 63.8 Å². The highest BCUT2D eigenvalue weighted by Crippen LogP contribution is 2.44. The van der Waals surface area contributed by atoms with Crippen LogP contribution in [0.4, 0.5) is 0 Å². The van der Waals surface area contributed by atoms with E-state index in [1.54, 1.807) is 0 Å². The van der Waals surface area contributed by atoms with E-state index in [0.29, 0.717) is 11.1 Å². The minimum Gasteiger partial charge on any atom is -0.455 e.